The lowest BCUT2D eigenvalue weighted by atomic mass is 10.1. The standard InChI is InChI=1S/C12H13NO2S/c1-15-10-4-2-9(3-5-10)6-12-13-7-11(8-14)16-12/h2-5,7,14H,6,8H2,1H3. The Hall–Kier alpha value is -1.39. The zero-order chi connectivity index (χ0) is 11.4. The number of thiazole rings is 1. The van der Waals surface area contributed by atoms with Crippen LogP contribution in [0.15, 0.2) is 30.5 Å². The lowest BCUT2D eigenvalue weighted by Gasteiger charge is -2.01. The molecule has 2 aromatic rings. The molecule has 0 fully saturated rings. The van der Waals surface area contributed by atoms with E-state index in [9.17, 15) is 0 Å². The molecule has 0 unspecified atom stereocenters. The van der Waals surface area contributed by atoms with Crippen LogP contribution in [0, 0.1) is 0 Å². The van der Waals surface area contributed by atoms with Gasteiger partial charge in [0.2, 0.25) is 0 Å². The van der Waals surface area contributed by atoms with E-state index in [0.29, 0.717) is 0 Å². The van der Waals surface area contributed by atoms with E-state index in [1.807, 2.05) is 24.3 Å². The number of methoxy groups -OCH3 is 1. The van der Waals surface area contributed by atoms with Crippen molar-refractivity contribution in [2.75, 3.05) is 7.11 Å². The van der Waals surface area contributed by atoms with Crippen molar-refractivity contribution in [3.05, 3.63) is 45.9 Å². The maximum absolute atomic E-state index is 8.94. The number of rotatable bonds is 4. The fraction of sp³-hybridized carbons (Fsp3) is 0.250. The second-order valence-electron chi connectivity index (χ2n) is 3.40. The number of aromatic nitrogens is 1. The van der Waals surface area contributed by atoms with Gasteiger partial charge in [-0.2, -0.15) is 0 Å². The first-order valence-electron chi connectivity index (χ1n) is 4.99. The molecule has 1 N–H and O–H groups in total. The average molecular weight is 235 g/mol. The van der Waals surface area contributed by atoms with Crippen molar-refractivity contribution in [1.82, 2.24) is 4.98 Å². The predicted molar refractivity (Wildman–Crippen MR) is 63.8 cm³/mol. The molecule has 0 aliphatic heterocycles. The minimum Gasteiger partial charge on any atom is -0.497 e. The first-order valence-corrected chi connectivity index (χ1v) is 5.81. The van der Waals surface area contributed by atoms with Crippen LogP contribution >= 0.6 is 11.3 Å². The van der Waals surface area contributed by atoms with E-state index in [-0.39, 0.29) is 6.61 Å². The third-order valence-corrected chi connectivity index (χ3v) is 3.25. The molecule has 0 saturated carbocycles. The quantitative estimate of drug-likeness (QED) is 0.883. The van der Waals surface area contributed by atoms with E-state index in [1.54, 1.807) is 24.6 Å². The summed E-state index contributed by atoms with van der Waals surface area (Å²) in [6.07, 6.45) is 2.53. The molecule has 84 valence electrons. The molecule has 0 spiro atoms. The van der Waals surface area contributed by atoms with Gasteiger partial charge in [-0.05, 0) is 17.7 Å². The summed E-state index contributed by atoms with van der Waals surface area (Å²) >= 11 is 1.55. The molecule has 0 bridgehead atoms. The summed E-state index contributed by atoms with van der Waals surface area (Å²) in [4.78, 5) is 5.16. The van der Waals surface area contributed by atoms with Crippen molar-refractivity contribution in [3.8, 4) is 5.75 Å². The van der Waals surface area contributed by atoms with Gasteiger partial charge in [-0.25, -0.2) is 4.98 Å². The Balaban J connectivity index is 2.08. The van der Waals surface area contributed by atoms with Gasteiger partial charge >= 0.3 is 0 Å². The van der Waals surface area contributed by atoms with Gasteiger partial charge in [0.25, 0.3) is 0 Å². The van der Waals surface area contributed by atoms with Crippen molar-refractivity contribution in [2.45, 2.75) is 13.0 Å². The van der Waals surface area contributed by atoms with E-state index in [4.69, 9.17) is 9.84 Å². The Labute approximate surface area is 98.4 Å². The normalized spacial score (nSPS) is 10.4. The molecule has 0 radical (unpaired) electrons. The molecule has 0 atom stereocenters. The Morgan fingerprint density at radius 2 is 2.06 bits per heavy atom. The maximum atomic E-state index is 8.94. The van der Waals surface area contributed by atoms with Crippen LogP contribution in [0.5, 0.6) is 5.75 Å². The van der Waals surface area contributed by atoms with Crippen LogP contribution in [-0.2, 0) is 13.0 Å². The minimum absolute atomic E-state index is 0.0697. The van der Waals surface area contributed by atoms with E-state index >= 15 is 0 Å². The highest BCUT2D eigenvalue weighted by atomic mass is 32.1. The van der Waals surface area contributed by atoms with Crippen molar-refractivity contribution < 1.29 is 9.84 Å². The lowest BCUT2D eigenvalue weighted by molar-refractivity contribution is 0.285. The fourth-order valence-electron chi connectivity index (χ4n) is 1.42. The van der Waals surface area contributed by atoms with Crippen molar-refractivity contribution in [3.63, 3.8) is 0 Å². The molecular formula is C12H13NO2S. The molecular weight excluding hydrogens is 222 g/mol. The van der Waals surface area contributed by atoms with Gasteiger partial charge in [-0.1, -0.05) is 12.1 Å². The van der Waals surface area contributed by atoms with Gasteiger partial charge in [-0.3, -0.25) is 0 Å². The molecule has 16 heavy (non-hydrogen) atoms. The number of hydrogen-bond acceptors (Lipinski definition) is 4. The van der Waals surface area contributed by atoms with Crippen molar-refractivity contribution in [2.24, 2.45) is 0 Å². The Morgan fingerprint density at radius 1 is 1.31 bits per heavy atom. The van der Waals surface area contributed by atoms with Gasteiger partial charge in [-0.15, -0.1) is 11.3 Å². The monoisotopic (exact) mass is 235 g/mol. The molecule has 1 aromatic heterocycles. The number of aliphatic hydroxyl groups excluding tert-OH is 1. The number of aliphatic hydroxyl groups is 1. The molecule has 0 aliphatic rings. The van der Waals surface area contributed by atoms with Crippen molar-refractivity contribution >= 4 is 11.3 Å². The largest absolute Gasteiger partial charge is 0.497 e. The van der Waals surface area contributed by atoms with Gasteiger partial charge in [0.05, 0.1) is 23.6 Å². The molecule has 2 rings (SSSR count). The SMILES string of the molecule is COc1ccc(Cc2ncc(CO)s2)cc1. The molecule has 0 saturated heterocycles. The third-order valence-electron chi connectivity index (χ3n) is 2.27. The van der Waals surface area contributed by atoms with Crippen molar-refractivity contribution in [1.29, 1.82) is 0 Å². The highest BCUT2D eigenvalue weighted by molar-refractivity contribution is 7.11. The highest BCUT2D eigenvalue weighted by Gasteiger charge is 2.02. The zero-order valence-corrected chi connectivity index (χ0v) is 9.83. The van der Waals surface area contributed by atoms with Crippen LogP contribution in [-0.4, -0.2) is 17.2 Å². The molecule has 1 heterocycles. The Bertz CT molecular complexity index is 450. The van der Waals surface area contributed by atoms with E-state index in [0.717, 1.165) is 22.1 Å². The predicted octanol–water partition coefficient (Wildman–Crippen LogP) is 2.23. The summed E-state index contributed by atoms with van der Waals surface area (Å²) in [5.74, 6) is 0.860. The second-order valence-corrected chi connectivity index (χ2v) is 4.60. The van der Waals surface area contributed by atoms with Gasteiger partial charge in [0.15, 0.2) is 0 Å². The first-order chi connectivity index (χ1) is 7.81. The summed E-state index contributed by atoms with van der Waals surface area (Å²) in [6.45, 7) is 0.0697. The Kier molecular flexibility index (Phi) is 3.54. The maximum Gasteiger partial charge on any atom is 0.118 e. The van der Waals surface area contributed by atoms with E-state index in [1.165, 1.54) is 5.56 Å². The number of ether oxygens (including phenoxy) is 1. The summed E-state index contributed by atoms with van der Waals surface area (Å²) in [6, 6.07) is 7.93. The smallest absolute Gasteiger partial charge is 0.118 e. The summed E-state index contributed by atoms with van der Waals surface area (Å²) in [5.41, 5.74) is 1.19. The molecule has 0 amide bonds. The van der Waals surface area contributed by atoms with Gasteiger partial charge in [0.1, 0.15) is 5.75 Å². The summed E-state index contributed by atoms with van der Waals surface area (Å²) < 4.78 is 5.09. The summed E-state index contributed by atoms with van der Waals surface area (Å²) in [7, 11) is 1.66. The highest BCUT2D eigenvalue weighted by Crippen LogP contribution is 2.18. The van der Waals surface area contributed by atoms with Crippen LogP contribution in [0.3, 0.4) is 0 Å². The van der Waals surface area contributed by atoms with E-state index < -0.39 is 0 Å². The molecule has 0 aliphatic carbocycles. The average Bonchev–Trinajstić information content (AvgIpc) is 2.78. The number of benzene rings is 1. The fourth-order valence-corrected chi connectivity index (χ4v) is 2.24. The van der Waals surface area contributed by atoms with Crippen LogP contribution < -0.4 is 4.74 Å². The van der Waals surface area contributed by atoms with Crippen LogP contribution in [0.2, 0.25) is 0 Å². The molecule has 3 nitrogen and oxygen atoms in total. The number of hydrogen-bond donors (Lipinski definition) is 1. The first kappa shape index (κ1) is 11.1. The topological polar surface area (TPSA) is 42.4 Å². The van der Waals surface area contributed by atoms with Gasteiger partial charge in [0, 0.05) is 12.6 Å². The minimum atomic E-state index is 0.0697. The van der Waals surface area contributed by atoms with Crippen LogP contribution in [0.4, 0.5) is 0 Å². The van der Waals surface area contributed by atoms with Crippen LogP contribution in [0.1, 0.15) is 15.4 Å². The molecule has 4 heteroatoms. The number of nitrogens with zero attached hydrogens (tertiary/aromatic N) is 1. The zero-order valence-electron chi connectivity index (χ0n) is 9.01. The second kappa shape index (κ2) is 5.09. The summed E-state index contributed by atoms with van der Waals surface area (Å²) in [5, 5.41) is 9.96. The Morgan fingerprint density at radius 3 is 2.62 bits per heavy atom. The molecule has 1 aromatic carbocycles. The van der Waals surface area contributed by atoms with Crippen LogP contribution in [0.25, 0.3) is 0 Å². The lowest BCUT2D eigenvalue weighted by Crippen LogP contribution is -1.87. The third kappa shape index (κ3) is 2.59. The van der Waals surface area contributed by atoms with Gasteiger partial charge < -0.3 is 9.84 Å². The van der Waals surface area contributed by atoms with E-state index in [2.05, 4.69) is 4.98 Å².